The van der Waals surface area contributed by atoms with Crippen LogP contribution in [-0.4, -0.2) is 33.3 Å². The van der Waals surface area contributed by atoms with Gasteiger partial charge in [-0.1, -0.05) is 0 Å². The van der Waals surface area contributed by atoms with E-state index in [2.05, 4.69) is 30.8 Å². The standard InChI is InChI=1S/C16H22N6/c1-10-19-13-6-8-17-7-5-12(13)16(20-10)18-9-15-11-3-2-4-14(11)21-22-15/h17H,2-9H2,1H3,(H,21,22)(H,18,19,20). The van der Waals surface area contributed by atoms with E-state index in [1.54, 1.807) is 0 Å². The third-order valence-corrected chi connectivity index (χ3v) is 4.61. The van der Waals surface area contributed by atoms with Crippen molar-refractivity contribution < 1.29 is 0 Å². The van der Waals surface area contributed by atoms with Gasteiger partial charge in [0.05, 0.1) is 17.9 Å². The Morgan fingerprint density at radius 2 is 1.95 bits per heavy atom. The lowest BCUT2D eigenvalue weighted by Gasteiger charge is -2.13. The Labute approximate surface area is 130 Å². The van der Waals surface area contributed by atoms with Crippen LogP contribution < -0.4 is 10.6 Å². The van der Waals surface area contributed by atoms with Crippen LogP contribution in [0.5, 0.6) is 0 Å². The van der Waals surface area contributed by atoms with E-state index in [-0.39, 0.29) is 0 Å². The highest BCUT2D eigenvalue weighted by molar-refractivity contribution is 5.48. The van der Waals surface area contributed by atoms with Gasteiger partial charge >= 0.3 is 0 Å². The Morgan fingerprint density at radius 3 is 2.91 bits per heavy atom. The summed E-state index contributed by atoms with van der Waals surface area (Å²) in [5.74, 6) is 1.83. The lowest BCUT2D eigenvalue weighted by Crippen LogP contribution is -2.16. The maximum atomic E-state index is 4.63. The van der Waals surface area contributed by atoms with Crippen LogP contribution in [0.1, 0.15) is 40.5 Å². The summed E-state index contributed by atoms with van der Waals surface area (Å²) in [6, 6.07) is 0. The van der Waals surface area contributed by atoms with E-state index >= 15 is 0 Å². The molecule has 6 nitrogen and oxygen atoms in total. The summed E-state index contributed by atoms with van der Waals surface area (Å²) in [5.41, 5.74) is 6.32. The van der Waals surface area contributed by atoms with Crippen LogP contribution in [0.25, 0.3) is 0 Å². The Kier molecular flexibility index (Phi) is 3.54. The molecule has 0 amide bonds. The van der Waals surface area contributed by atoms with Crippen LogP contribution in [0.3, 0.4) is 0 Å². The molecule has 22 heavy (non-hydrogen) atoms. The number of H-pyrrole nitrogens is 1. The molecule has 4 rings (SSSR count). The van der Waals surface area contributed by atoms with Gasteiger partial charge in [0.2, 0.25) is 0 Å². The van der Waals surface area contributed by atoms with Crippen molar-refractivity contribution in [3.8, 4) is 0 Å². The van der Waals surface area contributed by atoms with Crippen molar-refractivity contribution in [2.24, 2.45) is 0 Å². The summed E-state index contributed by atoms with van der Waals surface area (Å²) in [6.07, 6.45) is 5.48. The van der Waals surface area contributed by atoms with Crippen molar-refractivity contribution in [2.45, 2.75) is 45.6 Å². The van der Waals surface area contributed by atoms with Crippen molar-refractivity contribution >= 4 is 5.82 Å². The summed E-state index contributed by atoms with van der Waals surface area (Å²) in [7, 11) is 0. The first-order valence-electron chi connectivity index (χ1n) is 8.17. The van der Waals surface area contributed by atoms with Crippen LogP contribution in [0.15, 0.2) is 0 Å². The molecule has 2 aliphatic rings. The number of nitrogens with one attached hydrogen (secondary N) is 3. The fourth-order valence-corrected chi connectivity index (χ4v) is 3.52. The first kappa shape index (κ1) is 13.7. The number of aromatic amines is 1. The molecule has 2 aromatic heterocycles. The molecule has 116 valence electrons. The highest BCUT2D eigenvalue weighted by Crippen LogP contribution is 2.24. The molecule has 0 bridgehead atoms. The number of aryl methyl sites for hydroxylation is 2. The molecule has 0 fully saturated rings. The van der Waals surface area contributed by atoms with Gasteiger partial charge in [-0.25, -0.2) is 9.97 Å². The zero-order valence-electron chi connectivity index (χ0n) is 13.0. The average molecular weight is 298 g/mol. The Morgan fingerprint density at radius 1 is 1.05 bits per heavy atom. The van der Waals surface area contributed by atoms with Gasteiger partial charge in [0.1, 0.15) is 11.6 Å². The van der Waals surface area contributed by atoms with Crippen LogP contribution in [0, 0.1) is 6.92 Å². The molecule has 3 heterocycles. The Balaban J connectivity index is 1.58. The molecule has 0 atom stereocenters. The Hall–Kier alpha value is -1.95. The molecule has 0 unspecified atom stereocenters. The summed E-state index contributed by atoms with van der Waals surface area (Å²) >= 11 is 0. The van der Waals surface area contributed by atoms with Crippen LogP contribution in [-0.2, 0) is 32.2 Å². The van der Waals surface area contributed by atoms with E-state index in [9.17, 15) is 0 Å². The molecule has 1 aliphatic carbocycles. The largest absolute Gasteiger partial charge is 0.364 e. The van der Waals surface area contributed by atoms with E-state index in [1.807, 2.05) is 6.92 Å². The van der Waals surface area contributed by atoms with Gasteiger partial charge in [-0.15, -0.1) is 0 Å². The average Bonchev–Trinajstić information content (AvgIpc) is 3.03. The second kappa shape index (κ2) is 5.68. The zero-order chi connectivity index (χ0) is 14.9. The topological polar surface area (TPSA) is 78.5 Å². The quantitative estimate of drug-likeness (QED) is 0.796. The van der Waals surface area contributed by atoms with E-state index in [0.717, 1.165) is 62.7 Å². The van der Waals surface area contributed by atoms with E-state index in [4.69, 9.17) is 0 Å². The molecule has 1 aliphatic heterocycles. The van der Waals surface area contributed by atoms with Crippen molar-refractivity contribution in [3.63, 3.8) is 0 Å². The molecule has 2 aromatic rings. The first-order valence-corrected chi connectivity index (χ1v) is 8.17. The molecule has 0 saturated heterocycles. The van der Waals surface area contributed by atoms with Gasteiger partial charge < -0.3 is 10.6 Å². The van der Waals surface area contributed by atoms with Crippen LogP contribution in [0.2, 0.25) is 0 Å². The minimum absolute atomic E-state index is 0.738. The minimum atomic E-state index is 0.738. The molecular formula is C16H22N6. The summed E-state index contributed by atoms with van der Waals surface area (Å²) in [6.45, 7) is 4.69. The predicted molar refractivity (Wildman–Crippen MR) is 85.0 cm³/mol. The monoisotopic (exact) mass is 298 g/mol. The van der Waals surface area contributed by atoms with Crippen molar-refractivity contribution in [1.29, 1.82) is 0 Å². The summed E-state index contributed by atoms with van der Waals surface area (Å²) in [4.78, 5) is 9.26. The van der Waals surface area contributed by atoms with Crippen molar-refractivity contribution in [1.82, 2.24) is 25.5 Å². The van der Waals surface area contributed by atoms with Gasteiger partial charge in [0, 0.05) is 24.2 Å². The highest BCUT2D eigenvalue weighted by atomic mass is 15.1. The minimum Gasteiger partial charge on any atom is -0.364 e. The summed E-state index contributed by atoms with van der Waals surface area (Å²) in [5, 5.41) is 14.6. The zero-order valence-corrected chi connectivity index (χ0v) is 13.0. The molecule has 0 spiro atoms. The number of aromatic nitrogens is 4. The number of rotatable bonds is 3. The molecule has 6 heteroatoms. The van der Waals surface area contributed by atoms with Gasteiger partial charge in [-0.3, -0.25) is 5.10 Å². The van der Waals surface area contributed by atoms with E-state index in [0.29, 0.717) is 0 Å². The van der Waals surface area contributed by atoms with E-state index in [1.165, 1.54) is 28.9 Å². The fourth-order valence-electron chi connectivity index (χ4n) is 3.52. The number of hydrogen-bond donors (Lipinski definition) is 3. The first-order chi connectivity index (χ1) is 10.8. The van der Waals surface area contributed by atoms with Gasteiger partial charge in [0.15, 0.2) is 0 Å². The van der Waals surface area contributed by atoms with Gasteiger partial charge in [0.25, 0.3) is 0 Å². The summed E-state index contributed by atoms with van der Waals surface area (Å²) < 4.78 is 0. The molecule has 0 radical (unpaired) electrons. The van der Waals surface area contributed by atoms with Gasteiger partial charge in [-0.05, 0) is 44.7 Å². The predicted octanol–water partition coefficient (Wildman–Crippen LogP) is 1.30. The number of hydrogen-bond acceptors (Lipinski definition) is 5. The number of nitrogens with zero attached hydrogens (tertiary/aromatic N) is 3. The fraction of sp³-hybridized carbons (Fsp3) is 0.562. The smallest absolute Gasteiger partial charge is 0.133 e. The second-order valence-corrected chi connectivity index (χ2v) is 6.13. The van der Waals surface area contributed by atoms with Crippen LogP contribution in [0.4, 0.5) is 5.82 Å². The lowest BCUT2D eigenvalue weighted by atomic mass is 10.1. The van der Waals surface area contributed by atoms with Gasteiger partial charge in [-0.2, -0.15) is 5.10 Å². The van der Waals surface area contributed by atoms with Crippen LogP contribution >= 0.6 is 0 Å². The maximum Gasteiger partial charge on any atom is 0.133 e. The lowest BCUT2D eigenvalue weighted by molar-refractivity contribution is 0.708. The number of anilines is 1. The normalized spacial score (nSPS) is 17.0. The molecule has 0 saturated carbocycles. The highest BCUT2D eigenvalue weighted by Gasteiger charge is 2.19. The Bertz CT molecular complexity index is 690. The second-order valence-electron chi connectivity index (χ2n) is 6.13. The van der Waals surface area contributed by atoms with Crippen molar-refractivity contribution in [2.75, 3.05) is 18.4 Å². The SMILES string of the molecule is Cc1nc2c(c(NCc3n[nH]c4c3CCC4)n1)CCNCC2. The third kappa shape index (κ3) is 2.47. The molecule has 0 aromatic carbocycles. The maximum absolute atomic E-state index is 4.63. The molecule has 3 N–H and O–H groups in total. The van der Waals surface area contributed by atoms with E-state index < -0.39 is 0 Å². The third-order valence-electron chi connectivity index (χ3n) is 4.61. The van der Waals surface area contributed by atoms with Crippen molar-refractivity contribution in [3.05, 3.63) is 34.0 Å². The number of fused-ring (bicyclic) bond motifs is 2. The molecular weight excluding hydrogens is 276 g/mol.